The van der Waals surface area contributed by atoms with Crippen molar-refractivity contribution in [2.75, 3.05) is 0 Å². The smallest absolute Gasteiger partial charge is 0.305 e. The molecule has 6 heteroatoms. The molecule has 0 heterocycles. The number of hydrogen-bond donors (Lipinski definition) is 0. The molecule has 0 saturated carbocycles. The highest BCUT2D eigenvalue weighted by atomic mass is 19.1. The van der Waals surface area contributed by atoms with Crippen molar-refractivity contribution in [2.24, 2.45) is 0 Å². The number of ether oxygens (including phenoxy) is 1. The molecule has 0 aliphatic rings. The molecule has 0 aromatic heterocycles. The molecular formula is C15H12FNO4. The van der Waals surface area contributed by atoms with Crippen LogP contribution in [0.4, 0.5) is 10.1 Å². The molecule has 21 heavy (non-hydrogen) atoms. The molecule has 0 unspecified atom stereocenters. The Morgan fingerprint density at radius 3 is 2.57 bits per heavy atom. The SMILES string of the molecule is CCC(=O)c1cccc(Oc2ccc([N+](=O)[O-])c(F)c2)c1. The quantitative estimate of drug-likeness (QED) is 0.471. The summed E-state index contributed by atoms with van der Waals surface area (Å²) in [5.74, 6) is -0.518. The van der Waals surface area contributed by atoms with E-state index in [1.807, 2.05) is 0 Å². The van der Waals surface area contributed by atoms with Crippen molar-refractivity contribution in [3.05, 3.63) is 64.0 Å². The van der Waals surface area contributed by atoms with Crippen LogP contribution in [0.5, 0.6) is 11.5 Å². The monoisotopic (exact) mass is 289 g/mol. The van der Waals surface area contributed by atoms with Crippen LogP contribution >= 0.6 is 0 Å². The van der Waals surface area contributed by atoms with Gasteiger partial charge in [-0.1, -0.05) is 19.1 Å². The first-order chi connectivity index (χ1) is 10.0. The molecule has 0 N–H and O–H groups in total. The molecule has 0 spiro atoms. The molecule has 108 valence electrons. The van der Waals surface area contributed by atoms with Gasteiger partial charge in [-0.25, -0.2) is 0 Å². The van der Waals surface area contributed by atoms with Gasteiger partial charge in [-0.2, -0.15) is 4.39 Å². The molecular weight excluding hydrogens is 277 g/mol. The third-order valence-electron chi connectivity index (χ3n) is 2.83. The van der Waals surface area contributed by atoms with E-state index in [0.717, 1.165) is 12.1 Å². The number of rotatable bonds is 5. The van der Waals surface area contributed by atoms with Crippen molar-refractivity contribution in [1.29, 1.82) is 0 Å². The Morgan fingerprint density at radius 1 is 1.24 bits per heavy atom. The fourth-order valence-corrected chi connectivity index (χ4v) is 1.77. The van der Waals surface area contributed by atoms with Gasteiger partial charge in [0.25, 0.3) is 0 Å². The van der Waals surface area contributed by atoms with Gasteiger partial charge < -0.3 is 4.74 Å². The van der Waals surface area contributed by atoms with E-state index >= 15 is 0 Å². The Labute approximate surface area is 120 Å². The van der Waals surface area contributed by atoms with Crippen molar-refractivity contribution in [3.8, 4) is 11.5 Å². The third-order valence-corrected chi connectivity index (χ3v) is 2.83. The van der Waals surface area contributed by atoms with E-state index in [1.165, 1.54) is 6.07 Å². The second-order valence-corrected chi connectivity index (χ2v) is 4.28. The van der Waals surface area contributed by atoms with Crippen molar-refractivity contribution in [1.82, 2.24) is 0 Å². The number of Topliss-reactive ketones (excluding diaryl/α,β-unsaturated/α-hetero) is 1. The molecule has 0 atom stereocenters. The van der Waals surface area contributed by atoms with E-state index in [4.69, 9.17) is 4.74 Å². The highest BCUT2D eigenvalue weighted by Crippen LogP contribution is 2.27. The van der Waals surface area contributed by atoms with Gasteiger partial charge in [-0.15, -0.1) is 0 Å². The second-order valence-electron chi connectivity index (χ2n) is 4.28. The zero-order valence-corrected chi connectivity index (χ0v) is 11.2. The summed E-state index contributed by atoms with van der Waals surface area (Å²) in [6, 6.07) is 9.75. The maximum atomic E-state index is 13.5. The number of nitrogens with zero attached hydrogens (tertiary/aromatic N) is 1. The van der Waals surface area contributed by atoms with Crippen molar-refractivity contribution < 1.29 is 18.8 Å². The van der Waals surface area contributed by atoms with Crippen LogP contribution in [0, 0.1) is 15.9 Å². The summed E-state index contributed by atoms with van der Waals surface area (Å²) in [6.07, 6.45) is 0.371. The number of carbonyl (C=O) groups excluding carboxylic acids is 1. The first-order valence-corrected chi connectivity index (χ1v) is 6.26. The predicted molar refractivity (Wildman–Crippen MR) is 74.2 cm³/mol. The van der Waals surface area contributed by atoms with E-state index in [0.29, 0.717) is 17.7 Å². The third kappa shape index (κ3) is 3.42. The summed E-state index contributed by atoms with van der Waals surface area (Å²) in [7, 11) is 0. The van der Waals surface area contributed by atoms with Gasteiger partial charge in [0, 0.05) is 24.1 Å². The number of benzene rings is 2. The Balaban J connectivity index is 2.24. The molecule has 2 aromatic carbocycles. The topological polar surface area (TPSA) is 69.4 Å². The molecule has 0 bridgehead atoms. The van der Waals surface area contributed by atoms with Crippen LogP contribution in [0.15, 0.2) is 42.5 Å². The Morgan fingerprint density at radius 2 is 1.95 bits per heavy atom. The molecule has 5 nitrogen and oxygen atoms in total. The van der Waals surface area contributed by atoms with Gasteiger partial charge in [-0.3, -0.25) is 14.9 Å². The van der Waals surface area contributed by atoms with Crippen LogP contribution in [0.3, 0.4) is 0 Å². The highest BCUT2D eigenvalue weighted by molar-refractivity contribution is 5.96. The standard InChI is InChI=1S/C15H12FNO4/c1-2-15(18)10-4-3-5-11(8-10)21-12-6-7-14(17(19)20)13(16)9-12/h3-9H,2H2,1H3. The molecule has 0 aliphatic heterocycles. The van der Waals surface area contributed by atoms with Gasteiger partial charge in [0.15, 0.2) is 5.78 Å². The Bertz CT molecular complexity index is 700. The van der Waals surface area contributed by atoms with Crippen molar-refractivity contribution in [2.45, 2.75) is 13.3 Å². The van der Waals surface area contributed by atoms with Gasteiger partial charge in [0.1, 0.15) is 11.5 Å². The van der Waals surface area contributed by atoms with Gasteiger partial charge in [0.05, 0.1) is 4.92 Å². The number of carbonyl (C=O) groups is 1. The summed E-state index contributed by atoms with van der Waals surface area (Å²) in [5.41, 5.74) is -0.116. The second kappa shape index (κ2) is 6.13. The molecule has 2 aromatic rings. The fraction of sp³-hybridized carbons (Fsp3) is 0.133. The lowest BCUT2D eigenvalue weighted by molar-refractivity contribution is -0.387. The minimum absolute atomic E-state index is 0.0321. The first-order valence-electron chi connectivity index (χ1n) is 6.26. The molecule has 2 rings (SSSR count). The largest absolute Gasteiger partial charge is 0.457 e. The molecule has 0 fully saturated rings. The van der Waals surface area contributed by atoms with Crippen molar-refractivity contribution >= 4 is 11.5 Å². The lowest BCUT2D eigenvalue weighted by atomic mass is 10.1. The van der Waals surface area contributed by atoms with E-state index in [9.17, 15) is 19.3 Å². The predicted octanol–water partition coefficient (Wildman–Crippen LogP) is 4.12. The average molecular weight is 289 g/mol. The van der Waals surface area contributed by atoms with E-state index in [2.05, 4.69) is 0 Å². The minimum atomic E-state index is -0.974. The zero-order chi connectivity index (χ0) is 15.4. The molecule has 0 saturated heterocycles. The number of nitro groups is 1. The summed E-state index contributed by atoms with van der Waals surface area (Å²) < 4.78 is 18.9. The van der Waals surface area contributed by atoms with E-state index < -0.39 is 16.4 Å². The summed E-state index contributed by atoms with van der Waals surface area (Å²) in [6.45, 7) is 1.75. The van der Waals surface area contributed by atoms with Crippen LogP contribution in [0.1, 0.15) is 23.7 Å². The van der Waals surface area contributed by atoms with E-state index in [1.54, 1.807) is 31.2 Å². The lowest BCUT2D eigenvalue weighted by Crippen LogP contribution is -1.97. The Hall–Kier alpha value is -2.76. The fourth-order valence-electron chi connectivity index (χ4n) is 1.77. The average Bonchev–Trinajstić information content (AvgIpc) is 2.46. The summed E-state index contributed by atoms with van der Waals surface area (Å²) in [5, 5.41) is 10.5. The minimum Gasteiger partial charge on any atom is -0.457 e. The van der Waals surface area contributed by atoms with E-state index in [-0.39, 0.29) is 11.5 Å². The van der Waals surface area contributed by atoms with Crippen LogP contribution in [0.2, 0.25) is 0 Å². The van der Waals surface area contributed by atoms with Crippen LogP contribution in [0.25, 0.3) is 0 Å². The van der Waals surface area contributed by atoms with Gasteiger partial charge >= 0.3 is 5.69 Å². The van der Waals surface area contributed by atoms with Crippen LogP contribution in [-0.4, -0.2) is 10.7 Å². The molecule has 0 aliphatic carbocycles. The summed E-state index contributed by atoms with van der Waals surface area (Å²) in [4.78, 5) is 21.3. The Kier molecular flexibility index (Phi) is 4.27. The van der Waals surface area contributed by atoms with Crippen molar-refractivity contribution in [3.63, 3.8) is 0 Å². The number of halogens is 1. The zero-order valence-electron chi connectivity index (χ0n) is 11.2. The van der Waals surface area contributed by atoms with Crippen LogP contribution < -0.4 is 4.74 Å². The maximum Gasteiger partial charge on any atom is 0.305 e. The highest BCUT2D eigenvalue weighted by Gasteiger charge is 2.14. The molecule has 0 amide bonds. The van der Waals surface area contributed by atoms with Crippen LogP contribution in [-0.2, 0) is 0 Å². The number of nitro benzene ring substituents is 1. The van der Waals surface area contributed by atoms with Gasteiger partial charge in [-0.05, 0) is 18.2 Å². The maximum absolute atomic E-state index is 13.5. The molecule has 0 radical (unpaired) electrons. The number of ketones is 1. The first kappa shape index (κ1) is 14.6. The summed E-state index contributed by atoms with van der Waals surface area (Å²) >= 11 is 0. The van der Waals surface area contributed by atoms with Gasteiger partial charge in [0.2, 0.25) is 5.82 Å². The number of hydrogen-bond acceptors (Lipinski definition) is 4. The lowest BCUT2D eigenvalue weighted by Gasteiger charge is -2.07. The normalized spacial score (nSPS) is 10.2.